The minimum Gasteiger partial charge on any atom is -0.398 e. The van der Waals surface area contributed by atoms with Crippen molar-refractivity contribution in [1.29, 1.82) is 0 Å². The van der Waals surface area contributed by atoms with E-state index in [0.29, 0.717) is 28.0 Å². The number of nitrogens with one attached hydrogen (secondary N) is 2. The second kappa shape index (κ2) is 6.50. The summed E-state index contributed by atoms with van der Waals surface area (Å²) in [5, 5.41) is 6.21. The molecule has 2 aromatic carbocycles. The normalized spacial score (nSPS) is 10.1. The second-order valence-electron chi connectivity index (χ2n) is 4.14. The fourth-order valence-electron chi connectivity index (χ4n) is 1.62. The lowest BCUT2D eigenvalue weighted by Gasteiger charge is -2.09. The smallest absolute Gasteiger partial charge is 0.319 e. The van der Waals surface area contributed by atoms with Gasteiger partial charge in [-0.25, -0.2) is 4.79 Å². The van der Waals surface area contributed by atoms with E-state index in [1.807, 2.05) is 18.2 Å². The Labute approximate surface area is 126 Å². The van der Waals surface area contributed by atoms with E-state index in [1.54, 1.807) is 24.3 Å². The molecule has 0 heterocycles. The first-order valence-corrected chi connectivity index (χ1v) is 6.65. The van der Waals surface area contributed by atoms with Crippen molar-refractivity contribution in [2.24, 2.45) is 0 Å². The number of anilines is 2. The molecule has 0 saturated heterocycles. The van der Waals surface area contributed by atoms with Crippen LogP contribution in [0.15, 0.2) is 42.5 Å². The summed E-state index contributed by atoms with van der Waals surface area (Å²) < 4.78 is 0. The molecule has 0 aliphatic carbocycles. The van der Waals surface area contributed by atoms with Crippen LogP contribution in [0.5, 0.6) is 0 Å². The summed E-state index contributed by atoms with van der Waals surface area (Å²) in [6.45, 7) is 0.347. The topological polar surface area (TPSA) is 67.1 Å². The van der Waals surface area contributed by atoms with Crippen molar-refractivity contribution in [3.8, 4) is 0 Å². The van der Waals surface area contributed by atoms with Crippen LogP contribution >= 0.6 is 23.2 Å². The molecule has 6 heteroatoms. The van der Waals surface area contributed by atoms with E-state index in [0.717, 1.165) is 5.56 Å². The summed E-state index contributed by atoms with van der Waals surface area (Å²) in [4.78, 5) is 11.8. The van der Waals surface area contributed by atoms with Gasteiger partial charge in [-0.15, -0.1) is 0 Å². The van der Waals surface area contributed by atoms with E-state index in [2.05, 4.69) is 10.6 Å². The van der Waals surface area contributed by atoms with Crippen LogP contribution in [-0.2, 0) is 6.54 Å². The molecule has 0 spiro atoms. The Hall–Kier alpha value is -1.91. The molecule has 0 unspecified atom stereocenters. The number of hydrogen-bond acceptors (Lipinski definition) is 2. The molecule has 0 bridgehead atoms. The minimum atomic E-state index is -0.341. The van der Waals surface area contributed by atoms with E-state index in [4.69, 9.17) is 28.9 Å². The summed E-state index contributed by atoms with van der Waals surface area (Å²) in [5.74, 6) is 0. The first-order valence-electron chi connectivity index (χ1n) is 5.89. The highest BCUT2D eigenvalue weighted by Gasteiger charge is 2.05. The van der Waals surface area contributed by atoms with E-state index in [1.165, 1.54) is 0 Å². The van der Waals surface area contributed by atoms with Crippen LogP contribution in [-0.4, -0.2) is 6.03 Å². The number of nitrogen functional groups attached to an aromatic ring is 1. The minimum absolute atomic E-state index is 0.341. The third-order valence-corrected chi connectivity index (χ3v) is 3.41. The largest absolute Gasteiger partial charge is 0.398 e. The SMILES string of the molecule is Nc1ccccc1CNC(=O)Nc1ccc(Cl)c(Cl)c1. The summed E-state index contributed by atoms with van der Waals surface area (Å²) in [5.41, 5.74) is 7.86. The zero-order valence-corrected chi connectivity index (χ0v) is 12.0. The van der Waals surface area contributed by atoms with Crippen LogP contribution in [0.1, 0.15) is 5.56 Å². The van der Waals surface area contributed by atoms with Crippen LogP contribution in [0.4, 0.5) is 16.2 Å². The molecule has 0 fully saturated rings. The van der Waals surface area contributed by atoms with Crippen molar-refractivity contribution in [1.82, 2.24) is 5.32 Å². The second-order valence-corrected chi connectivity index (χ2v) is 4.95. The summed E-state index contributed by atoms with van der Waals surface area (Å²) in [6.07, 6.45) is 0. The molecule has 4 N–H and O–H groups in total. The van der Waals surface area contributed by atoms with E-state index >= 15 is 0 Å². The maximum absolute atomic E-state index is 11.8. The molecule has 0 aliphatic rings. The van der Waals surface area contributed by atoms with Crippen LogP contribution in [0.2, 0.25) is 10.0 Å². The Morgan fingerprint density at radius 3 is 2.55 bits per heavy atom. The lowest BCUT2D eigenvalue weighted by Crippen LogP contribution is -2.28. The Kier molecular flexibility index (Phi) is 4.71. The van der Waals surface area contributed by atoms with E-state index in [-0.39, 0.29) is 6.03 Å². The van der Waals surface area contributed by atoms with Crippen LogP contribution < -0.4 is 16.4 Å². The molecular weight excluding hydrogens is 297 g/mol. The fraction of sp³-hybridized carbons (Fsp3) is 0.0714. The predicted molar refractivity (Wildman–Crippen MR) is 83.2 cm³/mol. The van der Waals surface area contributed by atoms with Gasteiger partial charge in [0.1, 0.15) is 0 Å². The molecule has 4 nitrogen and oxygen atoms in total. The van der Waals surface area contributed by atoms with Crippen LogP contribution in [0.25, 0.3) is 0 Å². The van der Waals surface area contributed by atoms with Gasteiger partial charge in [0, 0.05) is 17.9 Å². The van der Waals surface area contributed by atoms with Crippen molar-refractivity contribution < 1.29 is 4.79 Å². The number of halogens is 2. The van der Waals surface area contributed by atoms with Crippen molar-refractivity contribution >= 4 is 40.6 Å². The molecule has 2 aromatic rings. The van der Waals surface area contributed by atoms with Crippen molar-refractivity contribution in [2.45, 2.75) is 6.54 Å². The van der Waals surface area contributed by atoms with Gasteiger partial charge in [-0.3, -0.25) is 0 Å². The molecule has 20 heavy (non-hydrogen) atoms. The zero-order chi connectivity index (χ0) is 14.5. The maximum Gasteiger partial charge on any atom is 0.319 e. The van der Waals surface area contributed by atoms with Gasteiger partial charge in [0.05, 0.1) is 10.0 Å². The van der Waals surface area contributed by atoms with Gasteiger partial charge in [-0.1, -0.05) is 41.4 Å². The van der Waals surface area contributed by atoms with E-state index in [9.17, 15) is 4.79 Å². The first-order chi connectivity index (χ1) is 9.56. The lowest BCUT2D eigenvalue weighted by molar-refractivity contribution is 0.252. The van der Waals surface area contributed by atoms with Gasteiger partial charge in [0.25, 0.3) is 0 Å². The molecular formula is C14H13Cl2N3O. The van der Waals surface area contributed by atoms with Crippen molar-refractivity contribution in [3.05, 3.63) is 58.1 Å². The molecule has 0 aromatic heterocycles. The number of carbonyl (C=O) groups is 1. The first kappa shape index (κ1) is 14.5. The number of nitrogens with two attached hydrogens (primary N) is 1. The highest BCUT2D eigenvalue weighted by atomic mass is 35.5. The van der Waals surface area contributed by atoms with Crippen LogP contribution in [0, 0.1) is 0 Å². The van der Waals surface area contributed by atoms with Crippen molar-refractivity contribution in [3.63, 3.8) is 0 Å². The monoisotopic (exact) mass is 309 g/mol. The molecule has 2 amide bonds. The zero-order valence-electron chi connectivity index (χ0n) is 10.5. The number of urea groups is 1. The van der Waals surface area contributed by atoms with Gasteiger partial charge in [-0.05, 0) is 29.8 Å². The van der Waals surface area contributed by atoms with Crippen LogP contribution in [0.3, 0.4) is 0 Å². The molecule has 0 aliphatic heterocycles. The Bertz CT molecular complexity index is 632. The third-order valence-electron chi connectivity index (χ3n) is 2.67. The number of rotatable bonds is 3. The van der Waals surface area contributed by atoms with Gasteiger partial charge in [0.2, 0.25) is 0 Å². The van der Waals surface area contributed by atoms with Crippen molar-refractivity contribution in [2.75, 3.05) is 11.1 Å². The summed E-state index contributed by atoms with van der Waals surface area (Å²) in [7, 11) is 0. The Morgan fingerprint density at radius 2 is 1.85 bits per heavy atom. The average Bonchev–Trinajstić information content (AvgIpc) is 2.42. The molecule has 0 radical (unpaired) electrons. The number of carbonyl (C=O) groups excluding carboxylic acids is 1. The van der Waals surface area contributed by atoms with Gasteiger partial charge >= 0.3 is 6.03 Å². The number of amides is 2. The predicted octanol–water partition coefficient (Wildman–Crippen LogP) is 3.90. The molecule has 104 valence electrons. The molecule has 2 rings (SSSR count). The third kappa shape index (κ3) is 3.79. The van der Waals surface area contributed by atoms with Gasteiger partial charge < -0.3 is 16.4 Å². The highest BCUT2D eigenvalue weighted by Crippen LogP contribution is 2.24. The lowest BCUT2D eigenvalue weighted by atomic mass is 10.2. The maximum atomic E-state index is 11.8. The Morgan fingerprint density at radius 1 is 1.10 bits per heavy atom. The summed E-state index contributed by atoms with van der Waals surface area (Å²) in [6, 6.07) is 11.9. The number of hydrogen-bond donors (Lipinski definition) is 3. The fourth-order valence-corrected chi connectivity index (χ4v) is 1.92. The number of benzene rings is 2. The number of para-hydroxylation sites is 1. The standard InChI is InChI=1S/C14H13Cl2N3O/c15-11-6-5-10(7-12(11)16)19-14(20)18-8-9-3-1-2-4-13(9)17/h1-7H,8,17H2,(H2,18,19,20). The van der Waals surface area contributed by atoms with Gasteiger partial charge in [0.15, 0.2) is 0 Å². The van der Waals surface area contributed by atoms with Gasteiger partial charge in [-0.2, -0.15) is 0 Å². The molecule has 0 atom stereocenters. The Balaban J connectivity index is 1.93. The highest BCUT2D eigenvalue weighted by molar-refractivity contribution is 6.42. The van der Waals surface area contributed by atoms with E-state index < -0.39 is 0 Å². The average molecular weight is 310 g/mol. The summed E-state index contributed by atoms with van der Waals surface area (Å²) >= 11 is 11.7. The molecule has 0 saturated carbocycles. The quantitative estimate of drug-likeness (QED) is 0.753.